The highest BCUT2D eigenvalue weighted by Gasteiger charge is 2.24. The van der Waals surface area contributed by atoms with E-state index in [1.165, 1.54) is 0 Å². The van der Waals surface area contributed by atoms with Gasteiger partial charge in [0.1, 0.15) is 0 Å². The first kappa shape index (κ1) is 8.50. The Balaban J connectivity index is 2.18. The highest BCUT2D eigenvalue weighted by molar-refractivity contribution is 4.83. The molecule has 11 heavy (non-hydrogen) atoms. The minimum absolute atomic E-state index is 0.467. The molecule has 1 saturated heterocycles. The second-order valence-corrected chi connectivity index (χ2v) is 2.75. The number of hydrogen-bond acceptors (Lipinski definition) is 2. The van der Waals surface area contributed by atoms with E-state index < -0.39 is 0 Å². The maximum absolute atomic E-state index is 5.12. The van der Waals surface area contributed by atoms with Gasteiger partial charge >= 0.3 is 0 Å². The standard InChI is InChI=1S/C9H15NO/c1-3-5-10(6-4-2)7-9-8-11-9/h3-4,9H,1-2,5-8H2. The van der Waals surface area contributed by atoms with Gasteiger partial charge in [0.25, 0.3) is 0 Å². The molecule has 2 nitrogen and oxygen atoms in total. The molecule has 0 radical (unpaired) electrons. The van der Waals surface area contributed by atoms with Gasteiger partial charge in [0.2, 0.25) is 0 Å². The summed E-state index contributed by atoms with van der Waals surface area (Å²) in [5, 5.41) is 0. The maximum Gasteiger partial charge on any atom is 0.0936 e. The Hall–Kier alpha value is -0.600. The van der Waals surface area contributed by atoms with E-state index in [1.54, 1.807) is 0 Å². The topological polar surface area (TPSA) is 15.8 Å². The van der Waals surface area contributed by atoms with Gasteiger partial charge in [-0.15, -0.1) is 13.2 Å². The summed E-state index contributed by atoms with van der Waals surface area (Å²) in [4.78, 5) is 2.26. The normalized spacial score (nSPS) is 21.7. The number of nitrogens with zero attached hydrogens (tertiary/aromatic N) is 1. The molecule has 0 aromatic carbocycles. The molecule has 2 heteroatoms. The van der Waals surface area contributed by atoms with E-state index in [0.29, 0.717) is 6.10 Å². The molecule has 1 unspecified atom stereocenters. The molecule has 1 heterocycles. The number of ether oxygens (including phenoxy) is 1. The zero-order chi connectivity index (χ0) is 8.10. The Kier molecular flexibility index (Phi) is 3.33. The fourth-order valence-corrected chi connectivity index (χ4v) is 1.05. The van der Waals surface area contributed by atoms with Crippen LogP contribution in [-0.4, -0.2) is 37.2 Å². The van der Waals surface area contributed by atoms with Crippen LogP contribution in [-0.2, 0) is 4.74 Å². The average Bonchev–Trinajstić information content (AvgIpc) is 2.73. The molecule has 1 aliphatic heterocycles. The second kappa shape index (κ2) is 4.31. The van der Waals surface area contributed by atoms with E-state index in [9.17, 15) is 0 Å². The minimum atomic E-state index is 0.467. The van der Waals surface area contributed by atoms with Gasteiger partial charge in [0, 0.05) is 19.6 Å². The first-order valence-corrected chi connectivity index (χ1v) is 3.92. The molecule has 0 aromatic rings. The van der Waals surface area contributed by atoms with Crippen LogP contribution in [0.2, 0.25) is 0 Å². The van der Waals surface area contributed by atoms with Gasteiger partial charge < -0.3 is 4.74 Å². The van der Waals surface area contributed by atoms with Gasteiger partial charge in [-0.2, -0.15) is 0 Å². The van der Waals surface area contributed by atoms with Gasteiger partial charge in [-0.1, -0.05) is 12.2 Å². The molecule has 1 aliphatic rings. The first-order chi connectivity index (χ1) is 5.36. The van der Waals surface area contributed by atoms with Crippen molar-refractivity contribution in [1.82, 2.24) is 4.90 Å². The average molecular weight is 153 g/mol. The lowest BCUT2D eigenvalue weighted by Crippen LogP contribution is -2.28. The van der Waals surface area contributed by atoms with Crippen molar-refractivity contribution in [3.8, 4) is 0 Å². The Morgan fingerprint density at radius 2 is 1.91 bits per heavy atom. The lowest BCUT2D eigenvalue weighted by molar-refractivity contribution is 0.284. The molecule has 1 atom stereocenters. The third kappa shape index (κ3) is 3.35. The molecule has 62 valence electrons. The molecule has 1 fully saturated rings. The second-order valence-electron chi connectivity index (χ2n) is 2.75. The van der Waals surface area contributed by atoms with Crippen molar-refractivity contribution < 1.29 is 4.74 Å². The third-order valence-corrected chi connectivity index (χ3v) is 1.64. The summed E-state index contributed by atoms with van der Waals surface area (Å²) < 4.78 is 5.12. The lowest BCUT2D eigenvalue weighted by Gasteiger charge is -2.16. The fraction of sp³-hybridized carbons (Fsp3) is 0.556. The van der Waals surface area contributed by atoms with Crippen molar-refractivity contribution in [2.75, 3.05) is 26.2 Å². The van der Waals surface area contributed by atoms with Crippen LogP contribution in [0, 0.1) is 0 Å². The predicted octanol–water partition coefficient (Wildman–Crippen LogP) is 1.06. The fourth-order valence-electron chi connectivity index (χ4n) is 1.05. The van der Waals surface area contributed by atoms with Crippen LogP contribution in [0.5, 0.6) is 0 Å². The summed E-state index contributed by atoms with van der Waals surface area (Å²) in [7, 11) is 0. The molecule has 0 amide bonds. The zero-order valence-corrected chi connectivity index (χ0v) is 6.83. The number of hydrogen-bond donors (Lipinski definition) is 0. The lowest BCUT2D eigenvalue weighted by atomic mass is 10.4. The molecular weight excluding hydrogens is 138 g/mol. The SMILES string of the molecule is C=CCN(CC=C)CC1CO1. The highest BCUT2D eigenvalue weighted by Crippen LogP contribution is 2.10. The van der Waals surface area contributed by atoms with E-state index >= 15 is 0 Å². The van der Waals surface area contributed by atoms with Crippen LogP contribution in [0.15, 0.2) is 25.3 Å². The summed E-state index contributed by atoms with van der Waals surface area (Å²) in [5.41, 5.74) is 0. The van der Waals surface area contributed by atoms with Crippen molar-refractivity contribution in [3.63, 3.8) is 0 Å². The molecule has 0 aromatic heterocycles. The van der Waals surface area contributed by atoms with Crippen LogP contribution in [0.3, 0.4) is 0 Å². The molecule has 0 saturated carbocycles. The van der Waals surface area contributed by atoms with Crippen LogP contribution in [0.4, 0.5) is 0 Å². The van der Waals surface area contributed by atoms with Crippen molar-refractivity contribution >= 4 is 0 Å². The molecule has 0 bridgehead atoms. The van der Waals surface area contributed by atoms with Gasteiger partial charge in [0.15, 0.2) is 0 Å². The van der Waals surface area contributed by atoms with Crippen molar-refractivity contribution in [2.24, 2.45) is 0 Å². The Labute approximate surface area is 68.1 Å². The molecule has 1 rings (SSSR count). The molecule has 0 N–H and O–H groups in total. The van der Waals surface area contributed by atoms with Crippen LogP contribution < -0.4 is 0 Å². The van der Waals surface area contributed by atoms with Crippen molar-refractivity contribution in [2.45, 2.75) is 6.10 Å². The van der Waals surface area contributed by atoms with Gasteiger partial charge in [-0.05, 0) is 0 Å². The quantitative estimate of drug-likeness (QED) is 0.419. The van der Waals surface area contributed by atoms with Gasteiger partial charge in [-0.25, -0.2) is 0 Å². The largest absolute Gasteiger partial charge is 0.372 e. The van der Waals surface area contributed by atoms with E-state index in [-0.39, 0.29) is 0 Å². The van der Waals surface area contributed by atoms with Gasteiger partial charge in [-0.3, -0.25) is 4.90 Å². The summed E-state index contributed by atoms with van der Waals surface area (Å²) >= 11 is 0. The zero-order valence-electron chi connectivity index (χ0n) is 6.83. The molecule has 0 aliphatic carbocycles. The summed E-state index contributed by atoms with van der Waals surface area (Å²) in [5.74, 6) is 0. The third-order valence-electron chi connectivity index (χ3n) is 1.64. The smallest absolute Gasteiger partial charge is 0.0936 e. The number of rotatable bonds is 6. The summed E-state index contributed by atoms with van der Waals surface area (Å²) in [6, 6.07) is 0. The van der Waals surface area contributed by atoms with Crippen LogP contribution >= 0.6 is 0 Å². The highest BCUT2D eigenvalue weighted by atomic mass is 16.6. The monoisotopic (exact) mass is 153 g/mol. The van der Waals surface area contributed by atoms with E-state index in [1.807, 2.05) is 12.2 Å². The Bertz CT molecular complexity index is 130. The van der Waals surface area contributed by atoms with E-state index in [2.05, 4.69) is 18.1 Å². The summed E-state index contributed by atoms with van der Waals surface area (Å²) in [6.07, 6.45) is 4.28. The van der Waals surface area contributed by atoms with Crippen molar-refractivity contribution in [1.29, 1.82) is 0 Å². The number of epoxide rings is 1. The Morgan fingerprint density at radius 1 is 1.36 bits per heavy atom. The van der Waals surface area contributed by atoms with Crippen LogP contribution in [0.25, 0.3) is 0 Å². The van der Waals surface area contributed by atoms with Gasteiger partial charge in [0.05, 0.1) is 12.7 Å². The van der Waals surface area contributed by atoms with Crippen LogP contribution in [0.1, 0.15) is 0 Å². The minimum Gasteiger partial charge on any atom is -0.372 e. The molecular formula is C9H15NO. The Morgan fingerprint density at radius 3 is 2.27 bits per heavy atom. The maximum atomic E-state index is 5.12. The first-order valence-electron chi connectivity index (χ1n) is 3.92. The summed E-state index contributed by atoms with van der Waals surface area (Å²) in [6.45, 7) is 11.2. The van der Waals surface area contributed by atoms with E-state index in [4.69, 9.17) is 4.74 Å². The van der Waals surface area contributed by atoms with Crippen molar-refractivity contribution in [3.05, 3.63) is 25.3 Å². The predicted molar refractivity (Wildman–Crippen MR) is 46.6 cm³/mol. The van der Waals surface area contributed by atoms with E-state index in [0.717, 1.165) is 26.2 Å². The molecule has 0 spiro atoms.